The molecule has 0 aliphatic heterocycles. The Balaban J connectivity index is 1.37. The van der Waals surface area contributed by atoms with E-state index in [1.807, 2.05) is 48.5 Å². The molecule has 0 fully saturated rings. The number of aromatic hydroxyl groups is 2. The lowest BCUT2D eigenvalue weighted by Crippen LogP contribution is -2.38. The van der Waals surface area contributed by atoms with Gasteiger partial charge in [0.2, 0.25) is 5.82 Å². The van der Waals surface area contributed by atoms with Gasteiger partial charge in [-0.25, -0.2) is 4.39 Å². The van der Waals surface area contributed by atoms with Crippen LogP contribution in [0.25, 0.3) is 0 Å². The Labute approximate surface area is 270 Å². The van der Waals surface area contributed by atoms with Crippen molar-refractivity contribution in [3.05, 3.63) is 124 Å². The minimum atomic E-state index is -1.45. The summed E-state index contributed by atoms with van der Waals surface area (Å²) < 4.78 is 33.6. The molecule has 0 bridgehead atoms. The number of rotatable bonds is 15. The zero-order valence-corrected chi connectivity index (χ0v) is 27.0. The predicted octanol–water partition coefficient (Wildman–Crippen LogP) is 7.61. The maximum atomic E-state index is 14.0. The van der Waals surface area contributed by atoms with Gasteiger partial charge in [-0.15, -0.1) is 0 Å². The van der Waals surface area contributed by atoms with Crippen molar-refractivity contribution in [3.8, 4) is 17.2 Å². The first-order chi connectivity index (χ1) is 22.1. The standard InChI is InChI=1S/C38H44F2N2O4/c1-25(2)42(26(3)4)23-20-31(28-9-6-5-7-10-28)35-29(11-8-12-33(35)43)21-24-46-30-15-13-27(14-16-30)19-22-41-38(45)32-17-18-34(44)37(40)36(32)39/h5-18,25-26,31,43-44H,19-24H2,1-4H3,(H,41,45). The number of phenols is 2. The Hall–Kier alpha value is -4.43. The average molecular weight is 631 g/mol. The minimum Gasteiger partial charge on any atom is -0.508 e. The molecule has 0 radical (unpaired) electrons. The zero-order valence-electron chi connectivity index (χ0n) is 27.0. The quantitative estimate of drug-likeness (QED) is 0.126. The number of hydrogen-bond donors (Lipinski definition) is 3. The maximum absolute atomic E-state index is 14.0. The third-order valence-corrected chi connectivity index (χ3v) is 8.30. The highest BCUT2D eigenvalue weighted by atomic mass is 19.2. The summed E-state index contributed by atoms with van der Waals surface area (Å²) in [6.45, 7) is 10.4. The topological polar surface area (TPSA) is 82.0 Å². The van der Waals surface area contributed by atoms with Gasteiger partial charge in [-0.2, -0.15) is 4.39 Å². The summed E-state index contributed by atoms with van der Waals surface area (Å²) in [5, 5.41) is 23.0. The molecule has 46 heavy (non-hydrogen) atoms. The van der Waals surface area contributed by atoms with Crippen LogP contribution in [0.1, 0.15) is 72.6 Å². The number of carbonyl (C=O) groups is 1. The highest BCUT2D eigenvalue weighted by Crippen LogP contribution is 2.37. The van der Waals surface area contributed by atoms with Gasteiger partial charge >= 0.3 is 0 Å². The summed E-state index contributed by atoms with van der Waals surface area (Å²) in [4.78, 5) is 14.7. The van der Waals surface area contributed by atoms with Crippen LogP contribution in [0.4, 0.5) is 8.78 Å². The highest BCUT2D eigenvalue weighted by molar-refractivity contribution is 5.94. The Morgan fingerprint density at radius 1 is 0.804 bits per heavy atom. The fourth-order valence-corrected chi connectivity index (χ4v) is 5.94. The van der Waals surface area contributed by atoms with Gasteiger partial charge in [0, 0.05) is 36.5 Å². The van der Waals surface area contributed by atoms with Crippen molar-refractivity contribution in [2.75, 3.05) is 19.7 Å². The van der Waals surface area contributed by atoms with Crippen molar-refractivity contribution >= 4 is 5.91 Å². The van der Waals surface area contributed by atoms with E-state index in [1.54, 1.807) is 6.07 Å². The van der Waals surface area contributed by atoms with Gasteiger partial charge in [-0.05, 0) is 94.1 Å². The number of ether oxygens (including phenoxy) is 1. The van der Waals surface area contributed by atoms with Gasteiger partial charge < -0.3 is 20.3 Å². The van der Waals surface area contributed by atoms with Crippen molar-refractivity contribution in [2.45, 2.75) is 65.0 Å². The molecule has 3 N–H and O–H groups in total. The molecule has 4 aromatic rings. The molecule has 244 valence electrons. The van der Waals surface area contributed by atoms with Crippen LogP contribution >= 0.6 is 0 Å². The van der Waals surface area contributed by atoms with E-state index >= 15 is 0 Å². The number of hydrogen-bond acceptors (Lipinski definition) is 5. The van der Waals surface area contributed by atoms with E-state index in [0.29, 0.717) is 43.0 Å². The Morgan fingerprint density at radius 2 is 1.50 bits per heavy atom. The van der Waals surface area contributed by atoms with E-state index in [1.165, 1.54) is 5.56 Å². The normalized spacial score (nSPS) is 12.1. The molecule has 1 unspecified atom stereocenters. The number of nitrogens with one attached hydrogen (secondary N) is 1. The molecule has 4 rings (SSSR count). The Bertz CT molecular complexity index is 1570. The van der Waals surface area contributed by atoms with Crippen LogP contribution in [0.15, 0.2) is 84.9 Å². The molecule has 1 atom stereocenters. The first-order valence-corrected chi connectivity index (χ1v) is 15.8. The third kappa shape index (κ3) is 8.85. The summed E-state index contributed by atoms with van der Waals surface area (Å²) >= 11 is 0. The molecule has 0 saturated heterocycles. The lowest BCUT2D eigenvalue weighted by molar-refractivity contribution is 0.0949. The van der Waals surface area contributed by atoms with E-state index in [9.17, 15) is 23.8 Å². The van der Waals surface area contributed by atoms with Gasteiger partial charge in [-0.1, -0.05) is 54.6 Å². The first kappa shape index (κ1) is 34.4. The highest BCUT2D eigenvalue weighted by Gasteiger charge is 2.24. The second-order valence-corrected chi connectivity index (χ2v) is 12.0. The lowest BCUT2D eigenvalue weighted by Gasteiger charge is -2.32. The van der Waals surface area contributed by atoms with Crippen LogP contribution in [-0.2, 0) is 12.8 Å². The van der Waals surface area contributed by atoms with Crippen molar-refractivity contribution < 1.29 is 28.5 Å². The fraction of sp³-hybridized carbons (Fsp3) is 0.342. The molecule has 0 saturated carbocycles. The number of carbonyl (C=O) groups excluding carboxylic acids is 1. The molecule has 0 aromatic heterocycles. The van der Waals surface area contributed by atoms with Gasteiger partial charge in [0.25, 0.3) is 5.91 Å². The number of halogens is 2. The number of phenolic OH excluding ortho intramolecular Hbond substituents is 2. The van der Waals surface area contributed by atoms with E-state index in [4.69, 9.17) is 4.74 Å². The Kier molecular flexibility index (Phi) is 12.1. The van der Waals surface area contributed by atoms with Crippen molar-refractivity contribution in [3.63, 3.8) is 0 Å². The van der Waals surface area contributed by atoms with Gasteiger partial charge in [0.1, 0.15) is 11.5 Å². The van der Waals surface area contributed by atoms with E-state index < -0.39 is 28.9 Å². The number of amides is 1. The molecule has 1 amide bonds. The van der Waals surface area contributed by atoms with Crippen LogP contribution in [0, 0.1) is 11.6 Å². The van der Waals surface area contributed by atoms with Crippen molar-refractivity contribution in [1.29, 1.82) is 0 Å². The summed E-state index contributed by atoms with van der Waals surface area (Å²) in [6, 6.07) is 26.4. The minimum absolute atomic E-state index is 0.0294. The van der Waals surface area contributed by atoms with E-state index in [2.05, 4.69) is 56.1 Å². The van der Waals surface area contributed by atoms with Gasteiger partial charge in [0.15, 0.2) is 11.6 Å². The maximum Gasteiger partial charge on any atom is 0.254 e. The number of benzene rings is 4. The lowest BCUT2D eigenvalue weighted by atomic mass is 9.84. The average Bonchev–Trinajstić information content (AvgIpc) is 3.03. The third-order valence-electron chi connectivity index (χ3n) is 8.30. The van der Waals surface area contributed by atoms with Crippen molar-refractivity contribution in [2.24, 2.45) is 0 Å². The predicted molar refractivity (Wildman–Crippen MR) is 178 cm³/mol. The van der Waals surface area contributed by atoms with Crippen molar-refractivity contribution in [1.82, 2.24) is 10.2 Å². The molecular formula is C38H44F2N2O4. The largest absolute Gasteiger partial charge is 0.508 e. The molecule has 0 spiro atoms. The van der Waals surface area contributed by atoms with E-state index in [-0.39, 0.29) is 12.5 Å². The summed E-state index contributed by atoms with van der Waals surface area (Å²) in [5.74, 6) is -3.40. The smallest absolute Gasteiger partial charge is 0.254 e. The fourth-order valence-electron chi connectivity index (χ4n) is 5.94. The van der Waals surface area contributed by atoms with Crippen LogP contribution < -0.4 is 10.1 Å². The van der Waals surface area contributed by atoms with Crippen LogP contribution in [-0.4, -0.2) is 52.8 Å². The first-order valence-electron chi connectivity index (χ1n) is 15.8. The molecular weight excluding hydrogens is 586 g/mol. The second-order valence-electron chi connectivity index (χ2n) is 12.0. The van der Waals surface area contributed by atoms with Crippen LogP contribution in [0.2, 0.25) is 0 Å². The molecule has 0 aliphatic rings. The summed E-state index contributed by atoms with van der Waals surface area (Å²) in [7, 11) is 0. The monoisotopic (exact) mass is 630 g/mol. The molecule has 6 nitrogen and oxygen atoms in total. The molecule has 4 aromatic carbocycles. The Morgan fingerprint density at radius 3 is 2.17 bits per heavy atom. The number of nitrogens with zero attached hydrogens (tertiary/aromatic N) is 1. The van der Waals surface area contributed by atoms with Crippen LogP contribution in [0.3, 0.4) is 0 Å². The zero-order chi connectivity index (χ0) is 33.2. The van der Waals surface area contributed by atoms with Crippen LogP contribution in [0.5, 0.6) is 17.2 Å². The SMILES string of the molecule is CC(C)N(CCC(c1ccccc1)c1c(O)cccc1CCOc1ccc(CCNC(=O)c2ccc(O)c(F)c2F)cc1)C(C)C. The molecule has 8 heteroatoms. The molecule has 0 heterocycles. The second kappa shape index (κ2) is 16.2. The summed E-state index contributed by atoms with van der Waals surface area (Å²) in [6.07, 6.45) is 1.97. The van der Waals surface area contributed by atoms with Gasteiger partial charge in [-0.3, -0.25) is 9.69 Å². The van der Waals surface area contributed by atoms with Gasteiger partial charge in [0.05, 0.1) is 12.2 Å². The molecule has 0 aliphatic carbocycles. The van der Waals surface area contributed by atoms with E-state index in [0.717, 1.165) is 41.8 Å². The summed E-state index contributed by atoms with van der Waals surface area (Å²) in [5.41, 5.74) is 3.63.